The molecule has 5 aliphatic rings. The smallest absolute Gasteiger partial charge is 0.173 e. The van der Waals surface area contributed by atoms with Crippen LogP contribution in [0.3, 0.4) is 0 Å². The quantitative estimate of drug-likeness (QED) is 0.0567. The van der Waals surface area contributed by atoms with E-state index in [0.717, 1.165) is 118 Å². The molecule has 5 aromatic carbocycles. The number of nitrogens with one attached hydrogen (secondary N) is 4. The molecule has 9 bridgehead atoms. The summed E-state index contributed by atoms with van der Waals surface area (Å²) in [5, 5.41) is 62.4. The van der Waals surface area contributed by atoms with Crippen LogP contribution in [0, 0.1) is 41.4 Å². The van der Waals surface area contributed by atoms with E-state index in [9.17, 15) is 25.2 Å². The van der Waals surface area contributed by atoms with Crippen molar-refractivity contribution in [3.05, 3.63) is 184 Å². The summed E-state index contributed by atoms with van der Waals surface area (Å²) in [5.41, 5.74) is 9.21. The van der Waals surface area contributed by atoms with E-state index in [1.54, 1.807) is 0 Å². The van der Waals surface area contributed by atoms with E-state index in [1.807, 2.05) is 42.5 Å². The first-order valence-electron chi connectivity index (χ1n) is 31.3. The molecule has 11 nitrogen and oxygen atoms in total. The Morgan fingerprint density at radius 2 is 1.57 bits per heavy atom. The maximum atomic E-state index is 15.5. The van der Waals surface area contributed by atoms with Crippen LogP contribution in [0.15, 0.2) is 139 Å². The van der Waals surface area contributed by atoms with Crippen LogP contribution in [0.2, 0.25) is 0 Å². The number of aromatic nitrogens is 1. The number of aliphatic hydroxyl groups is 3. The van der Waals surface area contributed by atoms with Crippen molar-refractivity contribution in [2.24, 2.45) is 29.6 Å². The number of phenols is 1. The molecule has 11 rings (SSSR count). The molecule has 0 amide bonds. The number of H-pyrrole nitrogens is 1. The Hall–Kier alpha value is -6.94. The number of aromatic hydroxyl groups is 1. The number of allylic oxidation sites excluding steroid dienone is 2. The number of carbonyl (C=O) groups is 2. The number of dihydropyridines is 1. The maximum Gasteiger partial charge on any atom is 0.173 e. The number of anilines is 1. The number of aliphatic hydroxyl groups excluding tert-OH is 3. The number of phenolic OH excluding ortho intramolecular Hbond substituents is 1. The average Bonchev–Trinajstić information content (AvgIpc) is 2.03. The highest BCUT2D eigenvalue weighted by molar-refractivity contribution is 6.06. The van der Waals surface area contributed by atoms with Crippen molar-refractivity contribution < 1.29 is 34.8 Å². The van der Waals surface area contributed by atoms with Crippen LogP contribution in [-0.2, 0) is 40.7 Å². The molecule has 2 saturated carbocycles. The Balaban J connectivity index is 1.05. The number of methoxy groups -OCH3 is 1. The summed E-state index contributed by atoms with van der Waals surface area (Å²) in [7, 11) is 1.53. The van der Waals surface area contributed by atoms with Gasteiger partial charge in [0.1, 0.15) is 5.82 Å². The molecule has 1 spiro atoms. The number of fused-ring (bicyclic) bond motifs is 10. The highest BCUT2D eigenvalue weighted by Gasteiger charge is 2.50. The number of benzene rings is 5. The Morgan fingerprint density at radius 3 is 2.36 bits per heavy atom. The van der Waals surface area contributed by atoms with Gasteiger partial charge in [-0.05, 0) is 174 Å². The van der Waals surface area contributed by atoms with E-state index in [1.165, 1.54) is 7.11 Å². The summed E-state index contributed by atoms with van der Waals surface area (Å²) in [6.07, 6.45) is 13.8. The van der Waals surface area contributed by atoms with E-state index in [-0.39, 0.29) is 42.3 Å². The minimum Gasteiger partial charge on any atom is -0.504 e. The molecule has 0 unspecified atom stereocenters. The van der Waals surface area contributed by atoms with Gasteiger partial charge in [0.2, 0.25) is 0 Å². The molecule has 6 aromatic rings. The highest BCUT2D eigenvalue weighted by Crippen LogP contribution is 2.51. The van der Waals surface area contributed by atoms with Crippen molar-refractivity contribution in [2.75, 3.05) is 32.1 Å². The number of aromatic amines is 1. The maximum absolute atomic E-state index is 15.5. The molecule has 440 valence electrons. The zero-order valence-corrected chi connectivity index (χ0v) is 49.3. The van der Waals surface area contributed by atoms with Crippen molar-refractivity contribution in [2.45, 2.75) is 152 Å². The summed E-state index contributed by atoms with van der Waals surface area (Å²) in [5.74, 6) is 5.75. The summed E-state index contributed by atoms with van der Waals surface area (Å²) in [6, 6.07) is 37.3. The van der Waals surface area contributed by atoms with Gasteiger partial charge in [-0.25, -0.2) is 0 Å². The second-order valence-corrected chi connectivity index (χ2v) is 25.2. The molecule has 3 aliphatic carbocycles. The third-order valence-corrected chi connectivity index (χ3v) is 19.7. The predicted molar refractivity (Wildman–Crippen MR) is 334 cm³/mol. The SMILES string of the molecule is CCC[C@H]1[C@H]2C[C@H](CC3=CCNC(=C3)Nc3ccc4ccc(cc4c3)C[C@H](O)CNC[C@@H](C)c3c[nH]c(c3)C3(CCCCC3)[C@@H]1O)C[C@@H]1C#C[C@H](c3ccccc3)c3c(cc(OC)c(O)c3CCc3ccccc3)CCC(=O)[C@H](O)C(=O)[C@H]1C2. The fourth-order valence-corrected chi connectivity index (χ4v) is 15.2. The Kier molecular flexibility index (Phi) is 18.6. The van der Waals surface area contributed by atoms with Gasteiger partial charge in [-0.1, -0.05) is 142 Å². The highest BCUT2D eigenvalue weighted by atomic mass is 16.5. The Bertz CT molecular complexity index is 3400. The summed E-state index contributed by atoms with van der Waals surface area (Å²) in [4.78, 5) is 33.9. The van der Waals surface area contributed by atoms with Crippen LogP contribution in [0.1, 0.15) is 147 Å². The second-order valence-electron chi connectivity index (χ2n) is 25.2. The van der Waals surface area contributed by atoms with Gasteiger partial charge in [0.15, 0.2) is 29.2 Å². The monoisotopic (exact) mass is 1130 g/mol. The van der Waals surface area contributed by atoms with Crippen LogP contribution in [0.5, 0.6) is 11.5 Å². The summed E-state index contributed by atoms with van der Waals surface area (Å²) in [6.45, 7) is 6.16. The van der Waals surface area contributed by atoms with Crippen LogP contribution in [0.25, 0.3) is 10.8 Å². The number of Topliss-reactive ketones (excluding diaryl/α,β-unsaturated/α-hetero) is 2. The topological polar surface area (TPSA) is 176 Å². The van der Waals surface area contributed by atoms with Gasteiger partial charge < -0.3 is 46.1 Å². The number of ketones is 2. The van der Waals surface area contributed by atoms with Gasteiger partial charge in [0.05, 0.1) is 25.2 Å². The first-order valence-corrected chi connectivity index (χ1v) is 31.3. The van der Waals surface area contributed by atoms with E-state index in [2.05, 4.69) is 132 Å². The van der Waals surface area contributed by atoms with Crippen LogP contribution < -0.4 is 20.7 Å². The van der Waals surface area contributed by atoms with Gasteiger partial charge in [-0.2, -0.15) is 0 Å². The average molecular weight is 1130 g/mol. The number of β-amino-alcohol motifs (C(OH)–C–C–N with tert-alkyl or cyclic N) is 1. The minimum atomic E-state index is -1.85. The van der Waals surface area contributed by atoms with E-state index in [0.29, 0.717) is 69.5 Å². The van der Waals surface area contributed by atoms with Crippen molar-refractivity contribution in [3.8, 4) is 23.3 Å². The predicted octanol–water partition coefficient (Wildman–Crippen LogP) is 12.1. The molecule has 2 aliphatic heterocycles. The van der Waals surface area contributed by atoms with Gasteiger partial charge in [-0.3, -0.25) is 9.59 Å². The van der Waals surface area contributed by atoms with Crippen LogP contribution in [-0.4, -0.2) is 82.0 Å². The molecule has 1 aromatic heterocycles. The van der Waals surface area contributed by atoms with E-state index >= 15 is 4.79 Å². The van der Waals surface area contributed by atoms with Gasteiger partial charge in [0, 0.05) is 66.4 Å². The molecule has 0 saturated heterocycles. The fourth-order valence-electron chi connectivity index (χ4n) is 15.2. The molecule has 84 heavy (non-hydrogen) atoms. The Morgan fingerprint density at radius 1 is 0.786 bits per heavy atom. The molecular weight excluding hydrogens is 1040 g/mol. The molecule has 8 N–H and O–H groups in total. The summed E-state index contributed by atoms with van der Waals surface area (Å²) < 4.78 is 5.84. The Labute approximate surface area is 496 Å². The molecular formula is C73H86N4O7. The number of carbonyl (C=O) groups excluding carboxylic acids is 2. The molecule has 10 atom stereocenters. The fraction of sp³-hybridized carbons (Fsp3) is 0.452. The van der Waals surface area contributed by atoms with Crippen molar-refractivity contribution in [1.29, 1.82) is 0 Å². The molecule has 11 heteroatoms. The summed E-state index contributed by atoms with van der Waals surface area (Å²) >= 11 is 0. The van der Waals surface area contributed by atoms with Gasteiger partial charge >= 0.3 is 0 Å². The lowest BCUT2D eigenvalue weighted by Crippen LogP contribution is -2.48. The number of rotatable bonds is 7. The van der Waals surface area contributed by atoms with Gasteiger partial charge in [-0.15, -0.1) is 0 Å². The van der Waals surface area contributed by atoms with Crippen molar-refractivity contribution >= 4 is 28.0 Å². The first kappa shape index (κ1) is 58.8. The molecule has 0 radical (unpaired) electrons. The largest absolute Gasteiger partial charge is 0.504 e. The van der Waals surface area contributed by atoms with E-state index in [4.69, 9.17) is 4.74 Å². The van der Waals surface area contributed by atoms with E-state index < -0.39 is 53.0 Å². The molecule has 3 heterocycles. The third-order valence-electron chi connectivity index (χ3n) is 19.7. The lowest BCUT2D eigenvalue weighted by atomic mass is 9.61. The van der Waals surface area contributed by atoms with Crippen LogP contribution in [0.4, 0.5) is 5.69 Å². The standard InChI is InChI=1S/C73H86N4O7/c1-4-14-61-56-36-50(35-53-23-27-60(52-17-10-6-11-18-52)68-54(24-28-64(79)71(82)70(81)63(53)40-56)41-65(84-3)69(80)62(68)26-20-47-15-8-5-9-16-47)33-49-29-32-75-67(38-49)77-58-25-22-51-21-19-48(34-55(51)39-58)37-59(78)45-74-43-46(2)57-42-66(76-44-57)73(72(61)83)30-12-7-13-31-73/h5-6,8-11,15-19,21-22,25,29,34,38-39,41-42,44,46,50,53,56,59-61,63,71-72,74-78,80,82-83H,4,7,12-14,20,24,26,28,30-33,35-37,40,43,45H2,1-3H3/t46-,50-,53+,56+,59+,60-,61+,63+,71+,72-/m1/s1. The third kappa shape index (κ3) is 13.0. The van der Waals surface area contributed by atoms with Crippen LogP contribution >= 0.6 is 0 Å². The number of aryl methyl sites for hydroxylation is 2. The normalized spacial score (nSPS) is 26.9. The first-order chi connectivity index (χ1) is 40.9. The zero-order chi connectivity index (χ0) is 58.3. The lowest BCUT2D eigenvalue weighted by molar-refractivity contribution is -0.142. The van der Waals surface area contributed by atoms with Crippen molar-refractivity contribution in [1.82, 2.24) is 15.6 Å². The van der Waals surface area contributed by atoms with Gasteiger partial charge in [0.25, 0.3) is 0 Å². The molecule has 2 fully saturated rings. The minimum absolute atomic E-state index is 0.00937. The number of ether oxygens (including phenoxy) is 1. The van der Waals surface area contributed by atoms with Crippen molar-refractivity contribution in [3.63, 3.8) is 0 Å². The number of hydrogen-bond donors (Lipinski definition) is 8. The lowest BCUT2D eigenvalue weighted by Gasteiger charge is -2.46. The second kappa shape index (κ2) is 26.5. The number of hydrogen-bond acceptors (Lipinski definition) is 10. The zero-order valence-electron chi connectivity index (χ0n) is 49.3.